The van der Waals surface area contributed by atoms with Crippen LogP contribution in [0.2, 0.25) is 5.02 Å². The van der Waals surface area contributed by atoms with Crippen LogP contribution in [0.3, 0.4) is 0 Å². The van der Waals surface area contributed by atoms with Crippen molar-refractivity contribution < 1.29 is 9.59 Å². The smallest absolute Gasteiger partial charge is 0.259 e. The van der Waals surface area contributed by atoms with Crippen molar-refractivity contribution in [3.63, 3.8) is 0 Å². The maximum Gasteiger partial charge on any atom is 0.259 e. The van der Waals surface area contributed by atoms with Gasteiger partial charge >= 0.3 is 0 Å². The summed E-state index contributed by atoms with van der Waals surface area (Å²) in [6, 6.07) is 29.0. The average Bonchev–Trinajstić information content (AvgIpc) is 2.99. The molecule has 4 aromatic carbocycles. The highest BCUT2D eigenvalue weighted by atomic mass is 35.5. The second-order valence-electron chi connectivity index (χ2n) is 8.79. The van der Waals surface area contributed by atoms with Crippen LogP contribution in [-0.4, -0.2) is 18.4 Å². The van der Waals surface area contributed by atoms with Crippen LogP contribution in [0.4, 0.5) is 5.69 Å². The molecular formula is C30H25ClN2O2S. The number of hydrogen-bond donors (Lipinski definition) is 1. The predicted molar refractivity (Wildman–Crippen MR) is 146 cm³/mol. The van der Waals surface area contributed by atoms with Crippen LogP contribution in [0.15, 0.2) is 101 Å². The minimum Gasteiger partial charge on any atom is -0.352 e. The first kappa shape index (κ1) is 24.2. The van der Waals surface area contributed by atoms with E-state index >= 15 is 0 Å². The third kappa shape index (κ3) is 5.32. The number of carbonyl (C=O) groups excluding carboxylic acids is 2. The zero-order valence-electron chi connectivity index (χ0n) is 19.8. The monoisotopic (exact) mass is 512 g/mol. The molecular weight excluding hydrogens is 488 g/mol. The Morgan fingerprint density at radius 1 is 0.889 bits per heavy atom. The summed E-state index contributed by atoms with van der Waals surface area (Å²) in [7, 11) is 0. The number of benzene rings is 4. The molecule has 0 bridgehead atoms. The molecule has 0 unspecified atom stereocenters. The summed E-state index contributed by atoms with van der Waals surface area (Å²) in [5, 5.41) is 3.69. The van der Waals surface area contributed by atoms with E-state index < -0.39 is 0 Å². The highest BCUT2D eigenvalue weighted by Gasteiger charge is 2.28. The molecule has 0 saturated heterocycles. The number of rotatable bonds is 6. The van der Waals surface area contributed by atoms with Gasteiger partial charge in [-0.3, -0.25) is 9.59 Å². The van der Waals surface area contributed by atoms with Crippen molar-refractivity contribution >= 4 is 40.9 Å². The van der Waals surface area contributed by atoms with Crippen LogP contribution >= 0.6 is 23.4 Å². The number of nitrogens with one attached hydrogen (secondary N) is 1. The SMILES string of the molecule is Cc1cccc(CN2C(=O)c3ccccc3Sc3ccc(C(=O)NCCc4ccc(Cl)cc4)cc32)c1. The number of aryl methyl sites for hydroxylation is 1. The Morgan fingerprint density at radius 3 is 2.50 bits per heavy atom. The minimum absolute atomic E-state index is 0.0707. The summed E-state index contributed by atoms with van der Waals surface area (Å²) in [4.78, 5) is 30.4. The van der Waals surface area contributed by atoms with Gasteiger partial charge in [0, 0.05) is 26.9 Å². The summed E-state index contributed by atoms with van der Waals surface area (Å²) >= 11 is 7.51. The molecule has 4 nitrogen and oxygen atoms in total. The lowest BCUT2D eigenvalue weighted by Crippen LogP contribution is -2.31. The Hall–Kier alpha value is -3.54. The van der Waals surface area contributed by atoms with Gasteiger partial charge in [-0.05, 0) is 66.9 Å². The molecule has 180 valence electrons. The van der Waals surface area contributed by atoms with Crippen LogP contribution in [0.1, 0.15) is 37.4 Å². The number of amides is 2. The number of carbonyl (C=O) groups is 2. The first-order chi connectivity index (χ1) is 17.5. The van der Waals surface area contributed by atoms with Crippen molar-refractivity contribution in [2.45, 2.75) is 29.7 Å². The van der Waals surface area contributed by atoms with Crippen molar-refractivity contribution in [1.82, 2.24) is 5.32 Å². The van der Waals surface area contributed by atoms with E-state index in [-0.39, 0.29) is 11.8 Å². The van der Waals surface area contributed by atoms with Gasteiger partial charge in [-0.25, -0.2) is 0 Å². The number of halogens is 1. The normalized spacial score (nSPS) is 12.5. The first-order valence-corrected chi connectivity index (χ1v) is 13.0. The second-order valence-corrected chi connectivity index (χ2v) is 10.3. The van der Waals surface area contributed by atoms with Gasteiger partial charge in [0.1, 0.15) is 0 Å². The Bertz CT molecular complexity index is 1440. The molecule has 5 rings (SSSR count). The molecule has 0 aliphatic carbocycles. The Labute approximate surface area is 220 Å². The zero-order chi connectivity index (χ0) is 25.1. The van der Waals surface area contributed by atoms with Crippen LogP contribution in [0, 0.1) is 6.92 Å². The van der Waals surface area contributed by atoms with Crippen molar-refractivity contribution in [3.05, 3.63) is 124 Å². The largest absolute Gasteiger partial charge is 0.352 e. The lowest BCUT2D eigenvalue weighted by atomic mass is 10.1. The number of fused-ring (bicyclic) bond motifs is 2. The van der Waals surface area contributed by atoms with E-state index in [1.165, 1.54) is 0 Å². The fraction of sp³-hybridized carbons (Fsp3) is 0.133. The Balaban J connectivity index is 1.43. The van der Waals surface area contributed by atoms with E-state index in [0.717, 1.165) is 32.2 Å². The quantitative estimate of drug-likeness (QED) is 0.304. The van der Waals surface area contributed by atoms with Crippen molar-refractivity contribution in [3.8, 4) is 0 Å². The van der Waals surface area contributed by atoms with Crippen LogP contribution in [0.5, 0.6) is 0 Å². The van der Waals surface area contributed by atoms with Crippen molar-refractivity contribution in [2.75, 3.05) is 11.4 Å². The Morgan fingerprint density at radius 2 is 1.69 bits per heavy atom. The van der Waals surface area contributed by atoms with Gasteiger partial charge < -0.3 is 10.2 Å². The average molecular weight is 513 g/mol. The molecule has 4 aromatic rings. The highest BCUT2D eigenvalue weighted by Crippen LogP contribution is 2.42. The van der Waals surface area contributed by atoms with Crippen molar-refractivity contribution in [2.24, 2.45) is 0 Å². The lowest BCUT2D eigenvalue weighted by molar-refractivity contribution is 0.0950. The maximum atomic E-state index is 13.7. The summed E-state index contributed by atoms with van der Waals surface area (Å²) in [5.41, 5.74) is 5.22. The molecule has 1 heterocycles. The number of hydrogen-bond acceptors (Lipinski definition) is 3. The fourth-order valence-electron chi connectivity index (χ4n) is 4.28. The summed E-state index contributed by atoms with van der Waals surface area (Å²) < 4.78 is 0. The molecule has 0 radical (unpaired) electrons. The standard InChI is InChI=1S/C30H25ClN2O2S/c1-20-5-4-6-22(17-20)19-33-26-18-23(29(34)32-16-15-21-9-12-24(31)13-10-21)11-14-28(26)36-27-8-3-2-7-25(27)30(33)35/h2-14,17-18H,15-16,19H2,1H3,(H,32,34). The van der Waals surface area contributed by atoms with Gasteiger partial charge in [0.25, 0.3) is 11.8 Å². The van der Waals surface area contributed by atoms with Crippen LogP contribution < -0.4 is 10.2 Å². The van der Waals surface area contributed by atoms with Gasteiger partial charge in [0.2, 0.25) is 0 Å². The molecule has 1 N–H and O–H groups in total. The lowest BCUT2D eigenvalue weighted by Gasteiger charge is -2.24. The topological polar surface area (TPSA) is 49.4 Å². The number of anilines is 1. The summed E-state index contributed by atoms with van der Waals surface area (Å²) in [6.07, 6.45) is 0.705. The molecule has 0 aromatic heterocycles. The van der Waals surface area contributed by atoms with E-state index in [1.54, 1.807) is 16.7 Å². The maximum absolute atomic E-state index is 13.7. The molecule has 0 saturated carbocycles. The van der Waals surface area contributed by atoms with Gasteiger partial charge in [-0.15, -0.1) is 0 Å². The van der Waals surface area contributed by atoms with Gasteiger partial charge in [-0.1, -0.05) is 77.5 Å². The van der Waals surface area contributed by atoms with Gasteiger partial charge in [0.15, 0.2) is 0 Å². The molecule has 6 heteroatoms. The van der Waals surface area contributed by atoms with E-state index in [1.807, 2.05) is 91.9 Å². The van der Waals surface area contributed by atoms with E-state index in [9.17, 15) is 9.59 Å². The molecule has 36 heavy (non-hydrogen) atoms. The minimum atomic E-state index is -0.165. The van der Waals surface area contributed by atoms with Crippen LogP contribution in [-0.2, 0) is 13.0 Å². The van der Waals surface area contributed by atoms with E-state index in [2.05, 4.69) is 11.4 Å². The molecule has 0 fully saturated rings. The molecule has 1 aliphatic heterocycles. The zero-order valence-corrected chi connectivity index (χ0v) is 21.4. The van der Waals surface area contributed by atoms with Gasteiger partial charge in [-0.2, -0.15) is 0 Å². The molecule has 2 amide bonds. The predicted octanol–water partition coefficient (Wildman–Crippen LogP) is 6.93. The van der Waals surface area contributed by atoms with Crippen LogP contribution in [0.25, 0.3) is 0 Å². The first-order valence-electron chi connectivity index (χ1n) is 11.8. The Kier molecular flexibility index (Phi) is 7.12. The summed E-state index contributed by atoms with van der Waals surface area (Å²) in [6.45, 7) is 2.97. The van der Waals surface area contributed by atoms with Crippen molar-refractivity contribution in [1.29, 1.82) is 0 Å². The molecule has 1 aliphatic rings. The second kappa shape index (κ2) is 10.6. The third-order valence-corrected chi connectivity index (χ3v) is 7.52. The third-order valence-electron chi connectivity index (χ3n) is 6.13. The van der Waals surface area contributed by atoms with Gasteiger partial charge in [0.05, 0.1) is 17.8 Å². The fourth-order valence-corrected chi connectivity index (χ4v) is 5.47. The van der Waals surface area contributed by atoms with E-state index in [4.69, 9.17) is 11.6 Å². The molecule has 0 spiro atoms. The summed E-state index contributed by atoms with van der Waals surface area (Å²) in [5.74, 6) is -0.236. The highest BCUT2D eigenvalue weighted by molar-refractivity contribution is 7.99. The number of nitrogens with zero attached hydrogens (tertiary/aromatic N) is 1. The van der Waals surface area contributed by atoms with E-state index in [0.29, 0.717) is 35.7 Å². The molecule has 0 atom stereocenters.